The van der Waals surface area contributed by atoms with Crippen molar-refractivity contribution in [2.24, 2.45) is 11.8 Å². The zero-order valence-electron chi connectivity index (χ0n) is 18.8. The van der Waals surface area contributed by atoms with Crippen molar-refractivity contribution in [3.63, 3.8) is 0 Å². The molecule has 1 aromatic heterocycles. The molecule has 2 aliphatic rings. The second-order valence-electron chi connectivity index (χ2n) is 9.03. The Morgan fingerprint density at radius 2 is 1.88 bits per heavy atom. The van der Waals surface area contributed by atoms with E-state index in [0.29, 0.717) is 35.9 Å². The van der Waals surface area contributed by atoms with Gasteiger partial charge in [-0.2, -0.15) is 0 Å². The third-order valence-electron chi connectivity index (χ3n) is 6.43. The first kappa shape index (κ1) is 23.4. The summed E-state index contributed by atoms with van der Waals surface area (Å²) in [5.41, 5.74) is 2.86. The predicted molar refractivity (Wildman–Crippen MR) is 128 cm³/mol. The van der Waals surface area contributed by atoms with Gasteiger partial charge in [-0.15, -0.1) is 11.3 Å². The zero-order valence-corrected chi connectivity index (χ0v) is 19.6. The Bertz CT molecular complexity index is 1030. The molecule has 2 aromatic rings. The van der Waals surface area contributed by atoms with Gasteiger partial charge in [0.05, 0.1) is 17.3 Å². The number of aromatic nitrogens is 1. The number of carbonyl (C=O) groups is 3. The quantitative estimate of drug-likeness (QED) is 0.503. The van der Waals surface area contributed by atoms with E-state index in [1.165, 1.54) is 11.3 Å². The lowest BCUT2D eigenvalue weighted by Gasteiger charge is -2.29. The Hall–Kier alpha value is -2.78. The number of rotatable bonds is 7. The number of hydrogen-bond donors (Lipinski definition) is 3. The fraction of sp³-hybridized carbons (Fsp3) is 0.500. The summed E-state index contributed by atoms with van der Waals surface area (Å²) in [4.78, 5) is 43.5. The molecule has 3 N–H and O–H groups in total. The molecule has 9 heteroatoms. The molecule has 1 saturated carbocycles. The summed E-state index contributed by atoms with van der Waals surface area (Å²) in [6.45, 7) is 3.85. The average molecular weight is 471 g/mol. The van der Waals surface area contributed by atoms with Crippen LogP contribution in [0.25, 0.3) is 0 Å². The molecule has 1 atom stereocenters. The van der Waals surface area contributed by atoms with Gasteiger partial charge in [0, 0.05) is 30.0 Å². The molecule has 0 spiro atoms. The zero-order chi connectivity index (χ0) is 23.4. The van der Waals surface area contributed by atoms with Crippen molar-refractivity contribution in [1.29, 1.82) is 0 Å². The van der Waals surface area contributed by atoms with Gasteiger partial charge < -0.3 is 10.4 Å². The number of nitrogens with one attached hydrogen (secondary N) is 2. The van der Waals surface area contributed by atoms with Gasteiger partial charge in [0.1, 0.15) is 0 Å². The molecule has 0 radical (unpaired) electrons. The number of piperidine rings is 1. The van der Waals surface area contributed by atoms with Gasteiger partial charge in [-0.05, 0) is 51.3 Å². The van der Waals surface area contributed by atoms with Gasteiger partial charge in [-0.3, -0.25) is 19.8 Å². The summed E-state index contributed by atoms with van der Waals surface area (Å²) in [5.74, 6) is -0.952. The minimum Gasteiger partial charge on any atom is -0.481 e. The number of hydrogen-bond acceptors (Lipinski definition) is 6. The van der Waals surface area contributed by atoms with E-state index in [-0.39, 0.29) is 17.6 Å². The highest BCUT2D eigenvalue weighted by Crippen LogP contribution is 2.31. The molecule has 1 saturated heterocycles. The van der Waals surface area contributed by atoms with Crippen LogP contribution in [-0.4, -0.2) is 45.9 Å². The number of aliphatic carboxylic acids is 1. The van der Waals surface area contributed by atoms with Crippen LogP contribution in [0.5, 0.6) is 0 Å². The summed E-state index contributed by atoms with van der Waals surface area (Å²) in [6.07, 6.45) is 5.53. The van der Waals surface area contributed by atoms with Gasteiger partial charge in [-0.1, -0.05) is 24.5 Å². The number of amides is 2. The lowest BCUT2D eigenvalue weighted by molar-refractivity contribution is -0.143. The smallest absolute Gasteiger partial charge is 0.325 e. The van der Waals surface area contributed by atoms with Crippen LogP contribution in [0.3, 0.4) is 0 Å². The monoisotopic (exact) mass is 470 g/mol. The summed E-state index contributed by atoms with van der Waals surface area (Å²) in [7, 11) is 0. The Kier molecular flexibility index (Phi) is 7.39. The van der Waals surface area contributed by atoms with E-state index >= 15 is 0 Å². The van der Waals surface area contributed by atoms with Crippen LogP contribution in [0, 0.1) is 18.8 Å². The van der Waals surface area contributed by atoms with Crippen LogP contribution >= 0.6 is 11.3 Å². The van der Waals surface area contributed by atoms with Crippen LogP contribution < -0.4 is 10.6 Å². The molecule has 1 aliphatic heterocycles. The Morgan fingerprint density at radius 1 is 1.12 bits per heavy atom. The highest BCUT2D eigenvalue weighted by Gasteiger charge is 2.27. The van der Waals surface area contributed by atoms with Crippen molar-refractivity contribution in [2.75, 3.05) is 23.7 Å². The van der Waals surface area contributed by atoms with E-state index in [1.54, 1.807) is 6.07 Å². The molecule has 2 heterocycles. The van der Waals surface area contributed by atoms with E-state index < -0.39 is 12.0 Å². The number of likely N-dealkylation sites (tertiary alicyclic amines) is 1. The van der Waals surface area contributed by atoms with E-state index in [0.717, 1.165) is 49.9 Å². The number of benzene rings is 1. The molecule has 0 unspecified atom stereocenters. The lowest BCUT2D eigenvalue weighted by atomic mass is 9.94. The third-order valence-corrected chi connectivity index (χ3v) is 7.23. The van der Waals surface area contributed by atoms with E-state index in [9.17, 15) is 19.5 Å². The summed E-state index contributed by atoms with van der Waals surface area (Å²) in [5, 5.41) is 17.2. The first-order valence-electron chi connectivity index (χ1n) is 11.5. The second-order valence-corrected chi connectivity index (χ2v) is 9.89. The molecule has 1 aromatic carbocycles. The van der Waals surface area contributed by atoms with E-state index in [4.69, 9.17) is 0 Å². The number of anilines is 2. The van der Waals surface area contributed by atoms with Crippen molar-refractivity contribution in [1.82, 2.24) is 9.88 Å². The van der Waals surface area contributed by atoms with Crippen LogP contribution in [-0.2, 0) is 11.3 Å². The van der Waals surface area contributed by atoms with Crippen LogP contribution in [0.15, 0.2) is 23.6 Å². The number of thiazole rings is 1. The molecule has 2 fully saturated rings. The molecule has 1 aliphatic carbocycles. The minimum absolute atomic E-state index is 0.0347. The topological polar surface area (TPSA) is 112 Å². The number of ketones is 1. The highest BCUT2D eigenvalue weighted by molar-refractivity contribution is 7.13. The first-order valence-corrected chi connectivity index (χ1v) is 12.4. The molecule has 8 nitrogen and oxygen atoms in total. The first-order chi connectivity index (χ1) is 15.9. The number of nitrogens with zero attached hydrogens (tertiary/aromatic N) is 2. The summed E-state index contributed by atoms with van der Waals surface area (Å²) >= 11 is 1.32. The number of urea groups is 1. The van der Waals surface area contributed by atoms with Gasteiger partial charge in [-0.25, -0.2) is 9.78 Å². The summed E-state index contributed by atoms with van der Waals surface area (Å²) < 4.78 is 0. The number of carboxylic acid groups (broad SMARTS) is 1. The fourth-order valence-corrected chi connectivity index (χ4v) is 5.39. The molecule has 33 heavy (non-hydrogen) atoms. The maximum atomic E-state index is 13.0. The standard InChI is InChI=1S/C24H30N4O4S/c1-15-8-9-20(19(11-15)21(29)16-5-2-3-6-16)26-23(32)27-24-25-18(14-33-24)13-28-10-4-7-17(12-28)22(30)31/h8-9,11,14,16-17H,2-7,10,12-13H2,1H3,(H,30,31)(H2,25,26,27,32)/t17-/m0/s1. The third kappa shape index (κ3) is 5.97. The maximum absolute atomic E-state index is 13.0. The Labute approximate surface area is 197 Å². The predicted octanol–water partition coefficient (Wildman–Crippen LogP) is 4.77. The van der Waals surface area contributed by atoms with Crippen molar-refractivity contribution in [3.05, 3.63) is 40.4 Å². The SMILES string of the molecule is Cc1ccc(NC(=O)Nc2nc(CN3CCC[C@H](C(=O)O)C3)cs2)c(C(=O)C2CCCC2)c1. The Morgan fingerprint density at radius 3 is 2.64 bits per heavy atom. The number of carboxylic acids is 1. The molecule has 4 rings (SSSR count). The number of aryl methyl sites for hydroxylation is 1. The second kappa shape index (κ2) is 10.4. The minimum atomic E-state index is -0.751. The average Bonchev–Trinajstić information content (AvgIpc) is 3.47. The molecular weight excluding hydrogens is 440 g/mol. The Balaban J connectivity index is 1.36. The van der Waals surface area contributed by atoms with Gasteiger partial charge in [0.15, 0.2) is 10.9 Å². The summed E-state index contributed by atoms with van der Waals surface area (Å²) in [6, 6.07) is 5.07. The fourth-order valence-electron chi connectivity index (χ4n) is 4.70. The highest BCUT2D eigenvalue weighted by atomic mass is 32.1. The van der Waals surface area contributed by atoms with Crippen molar-refractivity contribution in [3.8, 4) is 0 Å². The molecule has 2 amide bonds. The molecular formula is C24H30N4O4S. The van der Waals surface area contributed by atoms with Gasteiger partial charge >= 0.3 is 12.0 Å². The van der Waals surface area contributed by atoms with E-state index in [2.05, 4.69) is 20.5 Å². The maximum Gasteiger partial charge on any atom is 0.325 e. The normalized spacial score (nSPS) is 19.4. The van der Waals surface area contributed by atoms with E-state index in [1.807, 2.05) is 24.4 Å². The molecule has 176 valence electrons. The number of carbonyl (C=O) groups excluding carboxylic acids is 2. The largest absolute Gasteiger partial charge is 0.481 e. The van der Waals surface area contributed by atoms with Crippen molar-refractivity contribution >= 4 is 39.9 Å². The molecule has 0 bridgehead atoms. The van der Waals surface area contributed by atoms with Crippen LogP contribution in [0.2, 0.25) is 0 Å². The van der Waals surface area contributed by atoms with Crippen LogP contribution in [0.4, 0.5) is 15.6 Å². The number of Topliss-reactive ketones (excluding diaryl/α,β-unsaturated/α-hetero) is 1. The van der Waals surface area contributed by atoms with Crippen molar-refractivity contribution in [2.45, 2.75) is 52.0 Å². The van der Waals surface area contributed by atoms with Gasteiger partial charge in [0.25, 0.3) is 0 Å². The van der Waals surface area contributed by atoms with Crippen molar-refractivity contribution < 1.29 is 19.5 Å². The van der Waals surface area contributed by atoms with Crippen LogP contribution in [0.1, 0.15) is 60.1 Å². The lowest BCUT2D eigenvalue weighted by Crippen LogP contribution is -2.38. The van der Waals surface area contributed by atoms with Gasteiger partial charge in [0.2, 0.25) is 0 Å².